The van der Waals surface area contributed by atoms with Crippen LogP contribution in [0.2, 0.25) is 0 Å². The summed E-state index contributed by atoms with van der Waals surface area (Å²) in [6.07, 6.45) is 0. The lowest BCUT2D eigenvalue weighted by Crippen LogP contribution is -2.33. The van der Waals surface area contributed by atoms with Gasteiger partial charge in [0.25, 0.3) is 0 Å². The SMILES string of the molecule is CC(C)N1CN(c2ccccc2)c2nc(Oc3ccccc3)ccc21. The third-order valence-electron chi connectivity index (χ3n) is 4.34. The molecule has 0 spiro atoms. The molecule has 4 nitrogen and oxygen atoms in total. The van der Waals surface area contributed by atoms with Gasteiger partial charge in [-0.15, -0.1) is 0 Å². The van der Waals surface area contributed by atoms with Crippen molar-refractivity contribution in [3.05, 3.63) is 72.8 Å². The number of para-hydroxylation sites is 2. The molecule has 0 fully saturated rings. The van der Waals surface area contributed by atoms with E-state index in [-0.39, 0.29) is 0 Å². The number of pyridine rings is 1. The van der Waals surface area contributed by atoms with Gasteiger partial charge in [-0.1, -0.05) is 36.4 Å². The van der Waals surface area contributed by atoms with Crippen LogP contribution < -0.4 is 14.5 Å². The summed E-state index contributed by atoms with van der Waals surface area (Å²) in [7, 11) is 0. The molecule has 2 heterocycles. The van der Waals surface area contributed by atoms with Crippen molar-refractivity contribution in [2.45, 2.75) is 19.9 Å². The number of anilines is 3. The minimum Gasteiger partial charge on any atom is -0.439 e. The Hall–Kier alpha value is -3.01. The molecule has 25 heavy (non-hydrogen) atoms. The molecule has 4 rings (SSSR count). The third kappa shape index (κ3) is 3.03. The van der Waals surface area contributed by atoms with E-state index in [4.69, 9.17) is 9.72 Å². The van der Waals surface area contributed by atoms with Crippen molar-refractivity contribution in [3.8, 4) is 11.6 Å². The summed E-state index contributed by atoms with van der Waals surface area (Å²) in [6, 6.07) is 24.6. The molecule has 1 aliphatic rings. The second kappa shape index (κ2) is 6.48. The molecule has 2 aromatic carbocycles. The van der Waals surface area contributed by atoms with Gasteiger partial charge in [-0.05, 0) is 44.2 Å². The maximum atomic E-state index is 5.93. The fraction of sp³-hybridized carbons (Fsp3) is 0.190. The van der Waals surface area contributed by atoms with Crippen LogP contribution in [0.4, 0.5) is 17.2 Å². The highest BCUT2D eigenvalue weighted by molar-refractivity contribution is 5.80. The summed E-state index contributed by atoms with van der Waals surface area (Å²) in [5.41, 5.74) is 2.27. The number of hydrogen-bond acceptors (Lipinski definition) is 4. The van der Waals surface area contributed by atoms with Crippen LogP contribution in [0.15, 0.2) is 72.8 Å². The second-order valence-electron chi connectivity index (χ2n) is 6.38. The van der Waals surface area contributed by atoms with Gasteiger partial charge < -0.3 is 14.5 Å². The van der Waals surface area contributed by atoms with E-state index >= 15 is 0 Å². The quantitative estimate of drug-likeness (QED) is 0.657. The molecule has 0 saturated heterocycles. The zero-order valence-electron chi connectivity index (χ0n) is 14.5. The monoisotopic (exact) mass is 331 g/mol. The van der Waals surface area contributed by atoms with Crippen molar-refractivity contribution in [1.29, 1.82) is 0 Å². The third-order valence-corrected chi connectivity index (χ3v) is 4.34. The predicted octanol–water partition coefficient (Wildman–Crippen LogP) is 5.20. The first-order chi connectivity index (χ1) is 12.2. The fourth-order valence-corrected chi connectivity index (χ4v) is 3.06. The Morgan fingerprint density at radius 2 is 1.56 bits per heavy atom. The Morgan fingerprint density at radius 3 is 2.24 bits per heavy atom. The predicted molar refractivity (Wildman–Crippen MR) is 102 cm³/mol. The molecule has 1 aliphatic heterocycles. The van der Waals surface area contributed by atoms with Gasteiger partial charge in [0, 0.05) is 17.8 Å². The minimum absolute atomic E-state index is 0.398. The van der Waals surface area contributed by atoms with E-state index in [0.717, 1.165) is 29.6 Å². The van der Waals surface area contributed by atoms with E-state index in [2.05, 4.69) is 54.0 Å². The van der Waals surface area contributed by atoms with Crippen LogP contribution >= 0.6 is 0 Å². The first-order valence-electron chi connectivity index (χ1n) is 8.55. The molecule has 4 heteroatoms. The van der Waals surface area contributed by atoms with Gasteiger partial charge in [0.1, 0.15) is 5.75 Å². The lowest BCUT2D eigenvalue weighted by Gasteiger charge is -2.24. The van der Waals surface area contributed by atoms with Gasteiger partial charge in [0.05, 0.1) is 12.4 Å². The number of aromatic nitrogens is 1. The van der Waals surface area contributed by atoms with E-state index in [1.54, 1.807) is 0 Å². The zero-order valence-corrected chi connectivity index (χ0v) is 14.5. The Labute approximate surface area is 148 Å². The number of benzene rings is 2. The summed E-state index contributed by atoms with van der Waals surface area (Å²) in [5.74, 6) is 2.34. The Morgan fingerprint density at radius 1 is 0.880 bits per heavy atom. The first kappa shape index (κ1) is 15.5. The summed E-state index contributed by atoms with van der Waals surface area (Å²) in [6.45, 7) is 5.19. The number of nitrogens with zero attached hydrogens (tertiary/aromatic N) is 3. The number of ether oxygens (including phenoxy) is 1. The van der Waals surface area contributed by atoms with Crippen LogP contribution in [0.1, 0.15) is 13.8 Å². The van der Waals surface area contributed by atoms with Crippen molar-refractivity contribution in [2.75, 3.05) is 16.5 Å². The van der Waals surface area contributed by atoms with E-state index in [0.29, 0.717) is 11.9 Å². The highest BCUT2D eigenvalue weighted by atomic mass is 16.5. The second-order valence-corrected chi connectivity index (χ2v) is 6.38. The molecular weight excluding hydrogens is 310 g/mol. The molecule has 1 aromatic heterocycles. The van der Waals surface area contributed by atoms with Crippen LogP contribution in [-0.2, 0) is 0 Å². The van der Waals surface area contributed by atoms with Crippen molar-refractivity contribution in [1.82, 2.24) is 4.98 Å². The number of fused-ring (bicyclic) bond motifs is 1. The summed E-state index contributed by atoms with van der Waals surface area (Å²) >= 11 is 0. The minimum atomic E-state index is 0.398. The van der Waals surface area contributed by atoms with Crippen LogP contribution in [-0.4, -0.2) is 17.7 Å². The summed E-state index contributed by atoms with van der Waals surface area (Å²) in [4.78, 5) is 9.38. The maximum absolute atomic E-state index is 5.93. The normalized spacial score (nSPS) is 13.2. The molecule has 0 amide bonds. The molecule has 0 N–H and O–H groups in total. The molecule has 0 bridgehead atoms. The summed E-state index contributed by atoms with van der Waals surface area (Å²) in [5, 5.41) is 0. The highest BCUT2D eigenvalue weighted by Gasteiger charge is 2.30. The topological polar surface area (TPSA) is 28.6 Å². The zero-order chi connectivity index (χ0) is 17.2. The molecule has 126 valence electrons. The van der Waals surface area contributed by atoms with E-state index < -0.39 is 0 Å². The van der Waals surface area contributed by atoms with Gasteiger partial charge in [0.15, 0.2) is 5.82 Å². The largest absolute Gasteiger partial charge is 0.439 e. The molecule has 3 aromatic rings. The standard InChI is InChI=1S/C21H21N3O/c1-16(2)23-15-24(17-9-5-3-6-10-17)21-19(23)13-14-20(22-21)25-18-11-7-4-8-12-18/h3-14,16H,15H2,1-2H3. The van der Waals surface area contributed by atoms with Crippen LogP contribution in [0.3, 0.4) is 0 Å². The van der Waals surface area contributed by atoms with Gasteiger partial charge in [-0.25, -0.2) is 0 Å². The average molecular weight is 331 g/mol. The first-order valence-corrected chi connectivity index (χ1v) is 8.55. The Bertz CT molecular complexity index is 850. The molecular formula is C21H21N3O. The Balaban J connectivity index is 1.72. The van der Waals surface area contributed by atoms with E-state index in [1.165, 1.54) is 0 Å². The van der Waals surface area contributed by atoms with Gasteiger partial charge in [-0.2, -0.15) is 4.98 Å². The lowest BCUT2D eigenvalue weighted by atomic mass is 10.3. The molecule has 0 saturated carbocycles. The average Bonchev–Trinajstić information content (AvgIpc) is 3.02. The maximum Gasteiger partial charge on any atom is 0.221 e. The van der Waals surface area contributed by atoms with Crippen molar-refractivity contribution in [3.63, 3.8) is 0 Å². The van der Waals surface area contributed by atoms with Crippen molar-refractivity contribution >= 4 is 17.2 Å². The highest BCUT2D eigenvalue weighted by Crippen LogP contribution is 2.41. The van der Waals surface area contributed by atoms with Crippen LogP contribution in [0, 0.1) is 0 Å². The van der Waals surface area contributed by atoms with E-state index in [1.807, 2.05) is 42.5 Å². The lowest BCUT2D eigenvalue weighted by molar-refractivity contribution is 0.463. The fourth-order valence-electron chi connectivity index (χ4n) is 3.06. The van der Waals surface area contributed by atoms with E-state index in [9.17, 15) is 0 Å². The molecule has 0 aliphatic carbocycles. The van der Waals surface area contributed by atoms with Crippen LogP contribution in [0.25, 0.3) is 0 Å². The number of rotatable bonds is 4. The smallest absolute Gasteiger partial charge is 0.221 e. The Kier molecular flexibility index (Phi) is 4.02. The molecule has 0 radical (unpaired) electrons. The van der Waals surface area contributed by atoms with Crippen molar-refractivity contribution < 1.29 is 4.74 Å². The van der Waals surface area contributed by atoms with Gasteiger partial charge >= 0.3 is 0 Å². The van der Waals surface area contributed by atoms with Crippen LogP contribution in [0.5, 0.6) is 11.6 Å². The molecule has 0 atom stereocenters. The molecule has 0 unspecified atom stereocenters. The number of hydrogen-bond donors (Lipinski definition) is 0. The van der Waals surface area contributed by atoms with Crippen molar-refractivity contribution in [2.24, 2.45) is 0 Å². The van der Waals surface area contributed by atoms with Gasteiger partial charge in [0.2, 0.25) is 5.88 Å². The summed E-state index contributed by atoms with van der Waals surface area (Å²) < 4.78 is 5.93. The van der Waals surface area contributed by atoms with Gasteiger partial charge in [-0.3, -0.25) is 0 Å².